The largest absolute Gasteiger partial charge is 0.485 e. The zero-order chi connectivity index (χ0) is 14.4. The van der Waals surface area contributed by atoms with Crippen LogP contribution in [0, 0.1) is 0 Å². The number of rotatable bonds is 7. The molecule has 0 radical (unpaired) electrons. The van der Waals surface area contributed by atoms with Gasteiger partial charge in [-0.05, 0) is 56.0 Å². The fraction of sp³-hybridized carbons (Fsp3) is 0.438. The van der Waals surface area contributed by atoms with Crippen molar-refractivity contribution in [3.05, 3.63) is 35.4 Å². The van der Waals surface area contributed by atoms with Crippen molar-refractivity contribution in [2.75, 3.05) is 20.5 Å². The van der Waals surface area contributed by atoms with E-state index in [1.807, 2.05) is 24.3 Å². The molecule has 0 amide bonds. The van der Waals surface area contributed by atoms with Gasteiger partial charge in [0.15, 0.2) is 12.6 Å². The monoisotopic (exact) mass is 276 g/mol. The Kier molecular flexibility index (Phi) is 5.18. The fourth-order valence-corrected chi connectivity index (χ4v) is 1.97. The quantitative estimate of drug-likeness (QED) is 0.567. The van der Waals surface area contributed by atoms with E-state index in [-0.39, 0.29) is 19.2 Å². The maximum atomic E-state index is 11.1. The van der Waals surface area contributed by atoms with E-state index in [0.29, 0.717) is 0 Å². The molecule has 0 saturated heterocycles. The van der Waals surface area contributed by atoms with Crippen molar-refractivity contribution >= 4 is 11.5 Å². The summed E-state index contributed by atoms with van der Waals surface area (Å²) in [6, 6.07) is 7.66. The van der Waals surface area contributed by atoms with E-state index in [1.54, 1.807) is 7.11 Å². The van der Waals surface area contributed by atoms with Crippen LogP contribution in [0.2, 0.25) is 0 Å². The lowest BCUT2D eigenvalue weighted by Crippen LogP contribution is -2.09. The lowest BCUT2D eigenvalue weighted by atomic mass is 9.89. The first kappa shape index (κ1) is 14.6. The smallest absolute Gasteiger partial charge is 0.188 e. The van der Waals surface area contributed by atoms with Crippen molar-refractivity contribution in [3.63, 3.8) is 0 Å². The van der Waals surface area contributed by atoms with E-state index in [2.05, 4.69) is 0 Å². The first-order chi connectivity index (χ1) is 9.70. The lowest BCUT2D eigenvalue weighted by Gasteiger charge is -2.22. The molecule has 20 heavy (non-hydrogen) atoms. The molecule has 4 heteroatoms. The maximum absolute atomic E-state index is 11.1. The molecule has 0 N–H and O–H groups in total. The van der Waals surface area contributed by atoms with E-state index < -0.39 is 0 Å². The van der Waals surface area contributed by atoms with Gasteiger partial charge in [-0.15, -0.1) is 0 Å². The molecular formula is C16H20O4. The summed E-state index contributed by atoms with van der Waals surface area (Å²) in [6.07, 6.45) is 3.29. The summed E-state index contributed by atoms with van der Waals surface area (Å²) >= 11 is 0. The summed E-state index contributed by atoms with van der Waals surface area (Å²) < 4.78 is 15.9. The van der Waals surface area contributed by atoms with Gasteiger partial charge >= 0.3 is 0 Å². The SMILES string of the molecule is COCOc1ccc(C(OCC(C)=O)=C2CCC2)cc1. The first-order valence-corrected chi connectivity index (χ1v) is 6.77. The van der Waals surface area contributed by atoms with Gasteiger partial charge in [0, 0.05) is 12.7 Å². The molecule has 108 valence electrons. The first-order valence-electron chi connectivity index (χ1n) is 6.77. The molecule has 4 nitrogen and oxygen atoms in total. The molecule has 1 fully saturated rings. The van der Waals surface area contributed by atoms with Crippen LogP contribution in [0.1, 0.15) is 31.7 Å². The molecule has 0 bridgehead atoms. The number of carbonyl (C=O) groups excluding carboxylic acids is 1. The summed E-state index contributed by atoms with van der Waals surface area (Å²) in [6.45, 7) is 1.89. The van der Waals surface area contributed by atoms with Crippen molar-refractivity contribution in [2.45, 2.75) is 26.2 Å². The summed E-state index contributed by atoms with van der Waals surface area (Å²) in [5, 5.41) is 0. The highest BCUT2D eigenvalue weighted by Gasteiger charge is 2.18. The minimum absolute atomic E-state index is 0.0301. The Labute approximate surface area is 119 Å². The van der Waals surface area contributed by atoms with Gasteiger partial charge in [0.2, 0.25) is 0 Å². The van der Waals surface area contributed by atoms with Gasteiger partial charge in [-0.25, -0.2) is 0 Å². The van der Waals surface area contributed by atoms with Gasteiger partial charge in [-0.2, -0.15) is 0 Å². The van der Waals surface area contributed by atoms with Crippen molar-refractivity contribution in [2.24, 2.45) is 0 Å². The Hall–Kier alpha value is -1.81. The topological polar surface area (TPSA) is 44.8 Å². The van der Waals surface area contributed by atoms with Crippen LogP contribution >= 0.6 is 0 Å². The third-order valence-corrected chi connectivity index (χ3v) is 3.16. The predicted molar refractivity (Wildman–Crippen MR) is 76.4 cm³/mol. The zero-order valence-corrected chi connectivity index (χ0v) is 12.0. The van der Waals surface area contributed by atoms with E-state index in [9.17, 15) is 4.79 Å². The summed E-state index contributed by atoms with van der Waals surface area (Å²) in [7, 11) is 1.59. The highest BCUT2D eigenvalue weighted by Crippen LogP contribution is 2.34. The van der Waals surface area contributed by atoms with Crippen molar-refractivity contribution in [1.82, 2.24) is 0 Å². The molecule has 0 unspecified atom stereocenters. The third-order valence-electron chi connectivity index (χ3n) is 3.16. The molecule has 0 aromatic heterocycles. The summed E-state index contributed by atoms with van der Waals surface area (Å²) in [5.41, 5.74) is 2.28. The highest BCUT2D eigenvalue weighted by atomic mass is 16.7. The summed E-state index contributed by atoms with van der Waals surface area (Å²) in [4.78, 5) is 11.1. The minimum atomic E-state index is 0.0301. The average molecular weight is 276 g/mol. The van der Waals surface area contributed by atoms with Crippen molar-refractivity contribution < 1.29 is 19.0 Å². The average Bonchev–Trinajstić information content (AvgIpc) is 2.39. The molecule has 1 aromatic carbocycles. The van der Waals surface area contributed by atoms with Gasteiger partial charge in [0.1, 0.15) is 18.1 Å². The third kappa shape index (κ3) is 3.84. The summed E-state index contributed by atoms with van der Waals surface area (Å²) in [5.74, 6) is 1.63. The Balaban J connectivity index is 2.11. The molecular weight excluding hydrogens is 256 g/mol. The second-order valence-corrected chi connectivity index (χ2v) is 4.85. The number of hydrogen-bond donors (Lipinski definition) is 0. The number of hydrogen-bond acceptors (Lipinski definition) is 4. The molecule has 0 heterocycles. The van der Waals surface area contributed by atoms with E-state index in [0.717, 1.165) is 29.9 Å². The fourth-order valence-electron chi connectivity index (χ4n) is 1.97. The Morgan fingerprint density at radius 3 is 2.40 bits per heavy atom. The number of ketones is 1. The Bertz CT molecular complexity index is 482. The number of carbonyl (C=O) groups is 1. The zero-order valence-electron chi connectivity index (χ0n) is 12.0. The van der Waals surface area contributed by atoms with Gasteiger partial charge < -0.3 is 14.2 Å². The second kappa shape index (κ2) is 7.10. The molecule has 0 atom stereocenters. The number of ether oxygens (including phenoxy) is 3. The minimum Gasteiger partial charge on any atom is -0.485 e. The highest BCUT2D eigenvalue weighted by molar-refractivity contribution is 5.78. The van der Waals surface area contributed by atoms with Crippen LogP contribution in [-0.4, -0.2) is 26.3 Å². The normalized spacial score (nSPS) is 13.6. The number of methoxy groups -OCH3 is 1. The molecule has 2 rings (SSSR count). The Morgan fingerprint density at radius 2 is 1.90 bits per heavy atom. The van der Waals surface area contributed by atoms with E-state index in [1.165, 1.54) is 18.9 Å². The van der Waals surface area contributed by atoms with Crippen molar-refractivity contribution in [1.29, 1.82) is 0 Å². The van der Waals surface area contributed by atoms with Crippen LogP contribution in [0.15, 0.2) is 29.8 Å². The number of Topliss-reactive ketones (excluding diaryl/α,β-unsaturated/α-hetero) is 1. The molecule has 1 aliphatic rings. The lowest BCUT2D eigenvalue weighted by molar-refractivity contribution is -0.119. The number of allylic oxidation sites excluding steroid dienone is 1. The molecule has 1 saturated carbocycles. The van der Waals surface area contributed by atoms with Crippen LogP contribution in [-0.2, 0) is 14.3 Å². The number of benzene rings is 1. The van der Waals surface area contributed by atoms with Crippen molar-refractivity contribution in [3.8, 4) is 5.75 Å². The van der Waals surface area contributed by atoms with Gasteiger partial charge in [-0.3, -0.25) is 4.79 Å². The maximum Gasteiger partial charge on any atom is 0.188 e. The predicted octanol–water partition coefficient (Wildman–Crippen LogP) is 3.17. The van der Waals surface area contributed by atoms with Gasteiger partial charge in [0.05, 0.1) is 0 Å². The Morgan fingerprint density at radius 1 is 1.20 bits per heavy atom. The van der Waals surface area contributed by atoms with Crippen LogP contribution in [0.4, 0.5) is 0 Å². The second-order valence-electron chi connectivity index (χ2n) is 4.85. The van der Waals surface area contributed by atoms with Gasteiger partial charge in [-0.1, -0.05) is 0 Å². The van der Waals surface area contributed by atoms with Crippen LogP contribution < -0.4 is 4.74 Å². The molecule has 1 aliphatic carbocycles. The molecule has 0 aliphatic heterocycles. The van der Waals surface area contributed by atoms with E-state index >= 15 is 0 Å². The van der Waals surface area contributed by atoms with Crippen LogP contribution in [0.5, 0.6) is 5.75 Å². The standard InChI is InChI=1S/C16H20O4/c1-12(17)10-19-16(13-4-3-5-13)14-6-8-15(9-7-14)20-11-18-2/h6-9H,3-5,10-11H2,1-2H3. The molecule has 0 spiro atoms. The van der Waals surface area contributed by atoms with Gasteiger partial charge in [0.25, 0.3) is 0 Å². The molecule has 1 aromatic rings. The van der Waals surface area contributed by atoms with E-state index in [4.69, 9.17) is 14.2 Å². The van der Waals surface area contributed by atoms with Crippen LogP contribution in [0.3, 0.4) is 0 Å². The van der Waals surface area contributed by atoms with Crippen LogP contribution in [0.25, 0.3) is 5.76 Å².